The van der Waals surface area contributed by atoms with E-state index in [4.69, 9.17) is 5.73 Å². The minimum Gasteiger partial charge on any atom is -0.398 e. The number of anilines is 2. The minimum atomic E-state index is -4.07. The lowest BCUT2D eigenvalue weighted by molar-refractivity contribution is 0.571. The van der Waals surface area contributed by atoms with E-state index in [1.165, 1.54) is 12.1 Å². The number of sulfonamides is 1. The van der Waals surface area contributed by atoms with Crippen molar-refractivity contribution in [3.8, 4) is 0 Å². The molecule has 4 nitrogen and oxygen atoms in total. The zero-order valence-electron chi connectivity index (χ0n) is 11.1. The van der Waals surface area contributed by atoms with Crippen LogP contribution in [0, 0.1) is 19.7 Å². The van der Waals surface area contributed by atoms with Crippen molar-refractivity contribution in [2.24, 2.45) is 0 Å². The van der Waals surface area contributed by atoms with Crippen molar-refractivity contribution in [2.45, 2.75) is 18.7 Å². The molecule has 0 radical (unpaired) electrons. The van der Waals surface area contributed by atoms with E-state index in [9.17, 15) is 12.8 Å². The molecule has 0 spiro atoms. The van der Waals surface area contributed by atoms with Crippen molar-refractivity contribution in [3.05, 3.63) is 53.3 Å². The van der Waals surface area contributed by atoms with Crippen LogP contribution in [0.4, 0.5) is 15.8 Å². The number of nitrogens with one attached hydrogen (secondary N) is 1. The van der Waals surface area contributed by atoms with E-state index in [2.05, 4.69) is 4.72 Å². The highest BCUT2D eigenvalue weighted by atomic mass is 32.2. The van der Waals surface area contributed by atoms with Gasteiger partial charge in [-0.3, -0.25) is 4.72 Å². The molecule has 0 aliphatic rings. The monoisotopic (exact) mass is 294 g/mol. The fraction of sp³-hybridized carbons (Fsp3) is 0.143. The molecular weight excluding hydrogens is 279 g/mol. The number of hydrogen-bond acceptors (Lipinski definition) is 3. The molecule has 2 aromatic carbocycles. The molecule has 6 heteroatoms. The smallest absolute Gasteiger partial charge is 0.266 e. The fourth-order valence-electron chi connectivity index (χ4n) is 1.97. The molecule has 0 unspecified atom stereocenters. The Kier molecular flexibility index (Phi) is 3.67. The SMILES string of the molecule is Cc1cccc(C)c1NS(=O)(=O)c1c(N)cccc1F. The number of para-hydroxylation sites is 1. The van der Waals surface area contributed by atoms with Crippen LogP contribution in [-0.4, -0.2) is 8.42 Å². The molecule has 0 aromatic heterocycles. The van der Waals surface area contributed by atoms with Crippen LogP contribution in [0.3, 0.4) is 0 Å². The Bertz CT molecular complexity index is 717. The highest BCUT2D eigenvalue weighted by Crippen LogP contribution is 2.27. The molecule has 3 N–H and O–H groups in total. The van der Waals surface area contributed by atoms with Crippen molar-refractivity contribution in [3.63, 3.8) is 0 Å². The zero-order valence-corrected chi connectivity index (χ0v) is 12.0. The number of hydrogen-bond donors (Lipinski definition) is 2. The summed E-state index contributed by atoms with van der Waals surface area (Å²) >= 11 is 0. The van der Waals surface area contributed by atoms with Crippen molar-refractivity contribution < 1.29 is 12.8 Å². The first-order valence-corrected chi connectivity index (χ1v) is 7.44. The van der Waals surface area contributed by atoms with Gasteiger partial charge in [0, 0.05) is 0 Å². The maximum Gasteiger partial charge on any atom is 0.266 e. The number of nitrogen functional groups attached to an aromatic ring is 1. The van der Waals surface area contributed by atoms with Crippen LogP contribution in [0.1, 0.15) is 11.1 Å². The third kappa shape index (κ3) is 2.60. The predicted molar refractivity (Wildman–Crippen MR) is 77.5 cm³/mol. The number of aryl methyl sites for hydroxylation is 2. The summed E-state index contributed by atoms with van der Waals surface area (Å²) in [6, 6.07) is 9.14. The van der Waals surface area contributed by atoms with Crippen LogP contribution in [0.5, 0.6) is 0 Å². The summed E-state index contributed by atoms with van der Waals surface area (Å²) < 4.78 is 40.8. The van der Waals surface area contributed by atoms with Crippen molar-refractivity contribution >= 4 is 21.4 Å². The standard InChI is InChI=1S/C14H15FN2O2S/c1-9-5-3-6-10(2)13(9)17-20(18,19)14-11(15)7-4-8-12(14)16/h3-8,17H,16H2,1-2H3. The van der Waals surface area contributed by atoms with Gasteiger partial charge in [0.15, 0.2) is 0 Å². The van der Waals surface area contributed by atoms with Crippen molar-refractivity contribution in [2.75, 3.05) is 10.5 Å². The highest BCUT2D eigenvalue weighted by Gasteiger charge is 2.23. The van der Waals surface area contributed by atoms with E-state index >= 15 is 0 Å². The first-order valence-electron chi connectivity index (χ1n) is 5.96. The zero-order chi connectivity index (χ0) is 14.9. The Morgan fingerprint density at radius 1 is 1.05 bits per heavy atom. The summed E-state index contributed by atoms with van der Waals surface area (Å²) in [5.74, 6) is -0.872. The van der Waals surface area contributed by atoms with Gasteiger partial charge >= 0.3 is 0 Å². The molecule has 0 aliphatic heterocycles. The van der Waals surface area contributed by atoms with Crippen LogP contribution in [0.2, 0.25) is 0 Å². The van der Waals surface area contributed by atoms with Gasteiger partial charge in [-0.05, 0) is 37.1 Å². The lowest BCUT2D eigenvalue weighted by Gasteiger charge is -2.14. The van der Waals surface area contributed by atoms with Crippen LogP contribution in [-0.2, 0) is 10.0 Å². The Hall–Kier alpha value is -2.08. The van der Waals surface area contributed by atoms with E-state index in [0.29, 0.717) is 5.69 Å². The van der Waals surface area contributed by atoms with E-state index in [1.807, 2.05) is 6.07 Å². The first kappa shape index (κ1) is 14.3. The van der Waals surface area contributed by atoms with E-state index in [-0.39, 0.29) is 5.69 Å². The molecule has 2 rings (SSSR count). The Labute approximate surface area is 117 Å². The molecule has 0 atom stereocenters. The minimum absolute atomic E-state index is 0.122. The third-order valence-electron chi connectivity index (χ3n) is 2.98. The van der Waals surface area contributed by atoms with Crippen LogP contribution >= 0.6 is 0 Å². The second kappa shape index (κ2) is 5.13. The number of rotatable bonds is 3. The van der Waals surface area contributed by atoms with Gasteiger partial charge < -0.3 is 5.73 Å². The lowest BCUT2D eigenvalue weighted by Crippen LogP contribution is -2.17. The number of halogens is 1. The van der Waals surface area contributed by atoms with E-state index in [0.717, 1.165) is 17.2 Å². The summed E-state index contributed by atoms with van der Waals surface area (Å²) in [5, 5.41) is 0. The maximum absolute atomic E-state index is 13.8. The molecule has 2 aromatic rings. The molecule has 20 heavy (non-hydrogen) atoms. The molecule has 0 fully saturated rings. The quantitative estimate of drug-likeness (QED) is 0.855. The average molecular weight is 294 g/mol. The second-order valence-corrected chi connectivity index (χ2v) is 6.15. The van der Waals surface area contributed by atoms with Gasteiger partial charge in [0.05, 0.1) is 11.4 Å². The summed E-state index contributed by atoms with van der Waals surface area (Å²) in [4.78, 5) is -0.525. The molecule has 0 heterocycles. The molecule has 0 bridgehead atoms. The average Bonchev–Trinajstić information content (AvgIpc) is 2.33. The van der Waals surface area contributed by atoms with Gasteiger partial charge in [-0.1, -0.05) is 24.3 Å². The van der Waals surface area contributed by atoms with Crippen molar-refractivity contribution in [1.82, 2.24) is 0 Å². The highest BCUT2D eigenvalue weighted by molar-refractivity contribution is 7.92. The van der Waals surface area contributed by atoms with Crippen LogP contribution < -0.4 is 10.5 Å². The molecule has 0 amide bonds. The molecule has 0 aliphatic carbocycles. The summed E-state index contributed by atoms with van der Waals surface area (Å²) in [6.07, 6.45) is 0. The first-order chi connectivity index (χ1) is 9.33. The van der Waals surface area contributed by atoms with Gasteiger partial charge in [-0.25, -0.2) is 12.8 Å². The molecule has 0 saturated heterocycles. The largest absolute Gasteiger partial charge is 0.398 e. The Balaban J connectivity index is 2.53. The van der Waals surface area contributed by atoms with Crippen molar-refractivity contribution in [1.29, 1.82) is 0 Å². The maximum atomic E-state index is 13.8. The van der Waals surface area contributed by atoms with Gasteiger partial charge in [-0.15, -0.1) is 0 Å². The number of benzene rings is 2. The van der Waals surface area contributed by atoms with E-state index < -0.39 is 20.7 Å². The Morgan fingerprint density at radius 2 is 1.60 bits per heavy atom. The summed E-state index contributed by atoms with van der Waals surface area (Å²) in [5.41, 5.74) is 7.40. The van der Waals surface area contributed by atoms with Gasteiger partial charge in [0.25, 0.3) is 10.0 Å². The van der Waals surface area contributed by atoms with Gasteiger partial charge in [0.1, 0.15) is 10.7 Å². The fourth-order valence-corrected chi connectivity index (χ4v) is 3.37. The van der Waals surface area contributed by atoms with E-state index in [1.54, 1.807) is 26.0 Å². The molecule has 106 valence electrons. The lowest BCUT2D eigenvalue weighted by atomic mass is 10.1. The molecular formula is C14H15FN2O2S. The normalized spacial score (nSPS) is 11.3. The predicted octanol–water partition coefficient (Wildman–Crippen LogP) is 2.83. The van der Waals surface area contributed by atoms with Crippen LogP contribution in [0.15, 0.2) is 41.3 Å². The van der Waals surface area contributed by atoms with Crippen LogP contribution in [0.25, 0.3) is 0 Å². The van der Waals surface area contributed by atoms with Gasteiger partial charge in [0.2, 0.25) is 0 Å². The topological polar surface area (TPSA) is 72.2 Å². The summed E-state index contributed by atoms with van der Waals surface area (Å²) in [6.45, 7) is 3.55. The Morgan fingerprint density at radius 3 is 2.15 bits per heavy atom. The molecule has 0 saturated carbocycles. The summed E-state index contributed by atoms with van der Waals surface area (Å²) in [7, 11) is -4.07. The van der Waals surface area contributed by atoms with Gasteiger partial charge in [-0.2, -0.15) is 0 Å². The third-order valence-corrected chi connectivity index (χ3v) is 4.42. The second-order valence-electron chi connectivity index (χ2n) is 4.53. The number of nitrogens with two attached hydrogens (primary N) is 1.